The first-order valence-electron chi connectivity index (χ1n) is 4.72. The second kappa shape index (κ2) is 4.03. The third-order valence-electron chi connectivity index (χ3n) is 2.34. The van der Waals surface area contributed by atoms with E-state index in [1.54, 1.807) is 0 Å². The molecule has 0 aliphatic heterocycles. The van der Waals surface area contributed by atoms with Gasteiger partial charge in [0.25, 0.3) is 0 Å². The van der Waals surface area contributed by atoms with Crippen LogP contribution in [0.3, 0.4) is 0 Å². The van der Waals surface area contributed by atoms with Crippen molar-refractivity contribution in [3.05, 3.63) is 35.0 Å². The van der Waals surface area contributed by atoms with Gasteiger partial charge in [-0.2, -0.15) is 0 Å². The Bertz CT molecular complexity index is 434. The molecule has 14 heavy (non-hydrogen) atoms. The van der Waals surface area contributed by atoms with Gasteiger partial charge >= 0.3 is 0 Å². The highest BCUT2D eigenvalue weighted by atomic mass is 35.5. The van der Waals surface area contributed by atoms with E-state index in [1.807, 2.05) is 31.3 Å². The van der Waals surface area contributed by atoms with Gasteiger partial charge in [0, 0.05) is 29.6 Å². The minimum Gasteiger partial charge on any atom is -0.357 e. The van der Waals surface area contributed by atoms with E-state index in [2.05, 4.69) is 10.3 Å². The van der Waals surface area contributed by atoms with Gasteiger partial charge in [0.05, 0.1) is 5.02 Å². The van der Waals surface area contributed by atoms with E-state index in [-0.39, 0.29) is 0 Å². The van der Waals surface area contributed by atoms with Crippen molar-refractivity contribution in [2.75, 3.05) is 13.6 Å². The zero-order valence-corrected chi connectivity index (χ0v) is 8.86. The van der Waals surface area contributed by atoms with E-state index in [9.17, 15) is 0 Å². The van der Waals surface area contributed by atoms with Crippen LogP contribution in [-0.2, 0) is 6.42 Å². The molecule has 0 amide bonds. The summed E-state index contributed by atoms with van der Waals surface area (Å²) in [6, 6.07) is 8.10. The van der Waals surface area contributed by atoms with Crippen LogP contribution in [0.15, 0.2) is 24.3 Å². The maximum atomic E-state index is 6.23. The third-order valence-corrected chi connectivity index (χ3v) is 2.77. The number of fused-ring (bicyclic) bond motifs is 1. The quantitative estimate of drug-likeness (QED) is 0.798. The molecule has 0 bridgehead atoms. The van der Waals surface area contributed by atoms with Gasteiger partial charge in [0.2, 0.25) is 0 Å². The summed E-state index contributed by atoms with van der Waals surface area (Å²) in [6.45, 7) is 0.937. The molecule has 2 nitrogen and oxygen atoms in total. The minimum atomic E-state index is 0.857. The Balaban J connectivity index is 2.41. The van der Waals surface area contributed by atoms with Crippen molar-refractivity contribution in [3.8, 4) is 0 Å². The molecule has 0 saturated carbocycles. The Hall–Kier alpha value is -0.990. The fourth-order valence-electron chi connectivity index (χ4n) is 1.59. The van der Waals surface area contributed by atoms with Crippen LogP contribution in [0.25, 0.3) is 10.9 Å². The molecule has 0 spiro atoms. The highest BCUT2D eigenvalue weighted by molar-refractivity contribution is 6.36. The van der Waals surface area contributed by atoms with Crippen molar-refractivity contribution in [1.29, 1.82) is 0 Å². The third kappa shape index (κ3) is 1.63. The van der Waals surface area contributed by atoms with Gasteiger partial charge in [-0.1, -0.05) is 29.8 Å². The monoisotopic (exact) mass is 208 g/mol. The van der Waals surface area contributed by atoms with Gasteiger partial charge in [-0.3, -0.25) is 0 Å². The minimum absolute atomic E-state index is 0.857. The van der Waals surface area contributed by atoms with Crippen molar-refractivity contribution < 1.29 is 0 Å². The van der Waals surface area contributed by atoms with Crippen LogP contribution >= 0.6 is 11.6 Å². The average molecular weight is 209 g/mol. The molecular formula is C11H13ClN2. The van der Waals surface area contributed by atoms with E-state index in [4.69, 9.17) is 11.6 Å². The molecule has 2 N–H and O–H groups in total. The maximum Gasteiger partial charge on any atom is 0.0692 e. The van der Waals surface area contributed by atoms with E-state index >= 15 is 0 Å². The van der Waals surface area contributed by atoms with Crippen molar-refractivity contribution in [1.82, 2.24) is 10.3 Å². The van der Waals surface area contributed by atoms with Gasteiger partial charge < -0.3 is 10.3 Å². The Morgan fingerprint density at radius 2 is 2.14 bits per heavy atom. The summed E-state index contributed by atoms with van der Waals surface area (Å²) in [5.74, 6) is 0. The number of rotatable bonds is 3. The number of likely N-dealkylation sites (N-methyl/N-ethyl adjacent to an activating group) is 1. The van der Waals surface area contributed by atoms with Gasteiger partial charge in [0.15, 0.2) is 0 Å². The average Bonchev–Trinajstić information content (AvgIpc) is 2.54. The number of hydrogen-bond donors (Lipinski definition) is 2. The van der Waals surface area contributed by atoms with Crippen LogP contribution in [0.2, 0.25) is 5.02 Å². The van der Waals surface area contributed by atoms with Crippen LogP contribution < -0.4 is 5.32 Å². The van der Waals surface area contributed by atoms with Crippen molar-refractivity contribution in [3.63, 3.8) is 0 Å². The van der Waals surface area contributed by atoms with Gasteiger partial charge in [0.1, 0.15) is 0 Å². The number of nitrogens with one attached hydrogen (secondary N) is 2. The SMILES string of the molecule is CNCCc1[nH]c2ccccc2c1Cl. The standard InChI is InChI=1S/C11H13ClN2/c1-13-7-6-10-11(12)8-4-2-3-5-9(8)14-10/h2-5,13-14H,6-7H2,1H3. The molecule has 0 fully saturated rings. The molecule has 0 aliphatic carbocycles. The van der Waals surface area contributed by atoms with E-state index in [0.29, 0.717) is 0 Å². The Morgan fingerprint density at radius 3 is 2.86 bits per heavy atom. The van der Waals surface area contributed by atoms with Crippen molar-refractivity contribution in [2.24, 2.45) is 0 Å². The summed E-state index contributed by atoms with van der Waals surface area (Å²) in [7, 11) is 1.94. The number of para-hydroxylation sites is 1. The van der Waals surface area contributed by atoms with Crippen LogP contribution in [0.1, 0.15) is 5.69 Å². The summed E-state index contributed by atoms with van der Waals surface area (Å²) in [6.07, 6.45) is 0.935. The number of halogens is 1. The predicted molar refractivity (Wildman–Crippen MR) is 60.9 cm³/mol. The zero-order chi connectivity index (χ0) is 9.97. The van der Waals surface area contributed by atoms with Gasteiger partial charge in [-0.25, -0.2) is 0 Å². The lowest BCUT2D eigenvalue weighted by Crippen LogP contribution is -2.10. The van der Waals surface area contributed by atoms with Crippen LogP contribution in [0.4, 0.5) is 0 Å². The fourth-order valence-corrected chi connectivity index (χ4v) is 1.89. The van der Waals surface area contributed by atoms with E-state index < -0.39 is 0 Å². The molecule has 0 aliphatic rings. The Labute approximate surface area is 88.3 Å². The van der Waals surface area contributed by atoms with E-state index in [0.717, 1.165) is 34.6 Å². The molecule has 0 unspecified atom stereocenters. The topological polar surface area (TPSA) is 27.8 Å². The summed E-state index contributed by atoms with van der Waals surface area (Å²) in [5.41, 5.74) is 2.23. The van der Waals surface area contributed by atoms with Gasteiger partial charge in [-0.15, -0.1) is 0 Å². The summed E-state index contributed by atoms with van der Waals surface area (Å²) in [5, 5.41) is 5.08. The smallest absolute Gasteiger partial charge is 0.0692 e. The summed E-state index contributed by atoms with van der Waals surface area (Å²) in [4.78, 5) is 3.33. The van der Waals surface area contributed by atoms with E-state index in [1.165, 1.54) is 0 Å². The molecule has 0 radical (unpaired) electrons. The fraction of sp³-hybridized carbons (Fsp3) is 0.273. The lowest BCUT2D eigenvalue weighted by molar-refractivity contribution is 0.781. The molecule has 74 valence electrons. The zero-order valence-electron chi connectivity index (χ0n) is 8.10. The lowest BCUT2D eigenvalue weighted by Gasteiger charge is -1.97. The normalized spacial score (nSPS) is 11.0. The predicted octanol–water partition coefficient (Wildman–Crippen LogP) is 2.58. The summed E-state index contributed by atoms with van der Waals surface area (Å²) >= 11 is 6.23. The van der Waals surface area contributed by atoms with Gasteiger partial charge in [-0.05, 0) is 13.1 Å². The first kappa shape index (κ1) is 9.56. The summed E-state index contributed by atoms with van der Waals surface area (Å²) < 4.78 is 0. The molecule has 0 atom stereocenters. The number of aromatic nitrogens is 1. The highest BCUT2D eigenvalue weighted by Crippen LogP contribution is 2.27. The molecule has 1 heterocycles. The first-order valence-corrected chi connectivity index (χ1v) is 5.10. The van der Waals surface area contributed by atoms with Crippen LogP contribution in [-0.4, -0.2) is 18.6 Å². The largest absolute Gasteiger partial charge is 0.357 e. The molecule has 2 rings (SSSR count). The molecule has 0 saturated heterocycles. The maximum absolute atomic E-state index is 6.23. The molecular weight excluding hydrogens is 196 g/mol. The van der Waals surface area contributed by atoms with Crippen LogP contribution in [0, 0.1) is 0 Å². The number of hydrogen-bond acceptors (Lipinski definition) is 1. The molecule has 1 aromatic carbocycles. The number of H-pyrrole nitrogens is 1. The highest BCUT2D eigenvalue weighted by Gasteiger charge is 2.07. The first-order chi connectivity index (χ1) is 6.83. The Kier molecular flexibility index (Phi) is 2.75. The molecule has 2 aromatic rings. The number of benzene rings is 1. The lowest BCUT2D eigenvalue weighted by atomic mass is 10.2. The number of aromatic amines is 1. The second-order valence-corrected chi connectivity index (χ2v) is 3.69. The van der Waals surface area contributed by atoms with Crippen molar-refractivity contribution in [2.45, 2.75) is 6.42 Å². The second-order valence-electron chi connectivity index (χ2n) is 3.32. The van der Waals surface area contributed by atoms with Crippen LogP contribution in [0.5, 0.6) is 0 Å². The van der Waals surface area contributed by atoms with Crippen molar-refractivity contribution >= 4 is 22.5 Å². The molecule has 1 aromatic heterocycles. The Morgan fingerprint density at radius 1 is 1.36 bits per heavy atom. The molecule has 3 heteroatoms.